The van der Waals surface area contributed by atoms with Gasteiger partial charge >= 0.3 is 0 Å². The maximum atomic E-state index is 13.4. The van der Waals surface area contributed by atoms with Crippen molar-refractivity contribution in [3.8, 4) is 22.3 Å². The van der Waals surface area contributed by atoms with Gasteiger partial charge in [0, 0.05) is 0 Å². The molecule has 0 atom stereocenters. The van der Waals surface area contributed by atoms with Crippen LogP contribution in [0.1, 0.15) is 0 Å². The molecule has 190 valence electrons. The molecule has 0 radical (unpaired) electrons. The third-order valence-corrected chi connectivity index (χ3v) is 9.66. The minimum absolute atomic E-state index is 0.0213. The lowest BCUT2D eigenvalue weighted by Crippen LogP contribution is -2.03. The van der Waals surface area contributed by atoms with Gasteiger partial charge < -0.3 is 0 Å². The smallest absolute Gasteiger partial charge is 0.206 e. The molecule has 0 amide bonds. The van der Waals surface area contributed by atoms with Crippen LogP contribution in [-0.4, -0.2) is 16.8 Å². The molecule has 8 heteroatoms. The van der Waals surface area contributed by atoms with E-state index in [2.05, 4.69) is 0 Å². The molecule has 0 unspecified atom stereocenters. The molecule has 0 aliphatic rings. The van der Waals surface area contributed by atoms with E-state index in [1.807, 2.05) is 30.3 Å². The van der Waals surface area contributed by atoms with Gasteiger partial charge in [0.1, 0.15) is 11.6 Å². The summed E-state index contributed by atoms with van der Waals surface area (Å²) >= 11 is 0. The molecule has 0 saturated heterocycles. The van der Waals surface area contributed by atoms with Crippen LogP contribution in [0.4, 0.5) is 8.78 Å². The molecule has 5 aromatic carbocycles. The zero-order chi connectivity index (χ0) is 26.9. The van der Waals surface area contributed by atoms with Crippen LogP contribution in [0.3, 0.4) is 0 Å². The van der Waals surface area contributed by atoms with Gasteiger partial charge in [0.25, 0.3) is 0 Å². The van der Waals surface area contributed by atoms with Crippen LogP contribution in [0, 0.1) is 11.6 Å². The van der Waals surface area contributed by atoms with Gasteiger partial charge in [0.2, 0.25) is 19.7 Å². The van der Waals surface area contributed by atoms with Gasteiger partial charge in [-0.3, -0.25) is 0 Å². The van der Waals surface area contributed by atoms with E-state index >= 15 is 0 Å². The third-order valence-electron chi connectivity index (χ3n) is 6.11. The minimum atomic E-state index is -3.92. The van der Waals surface area contributed by atoms with Gasteiger partial charge in [0.15, 0.2) is 0 Å². The molecule has 0 fully saturated rings. The fourth-order valence-electron chi connectivity index (χ4n) is 4.11. The molecule has 0 bridgehead atoms. The zero-order valence-electron chi connectivity index (χ0n) is 19.8. The Balaban J connectivity index is 1.59. The second kappa shape index (κ2) is 9.96. The van der Waals surface area contributed by atoms with E-state index in [-0.39, 0.29) is 19.6 Å². The van der Waals surface area contributed by atoms with Gasteiger partial charge in [-0.2, -0.15) is 0 Å². The fourth-order valence-corrected chi connectivity index (χ4v) is 6.66. The van der Waals surface area contributed by atoms with E-state index in [0.717, 1.165) is 29.8 Å². The van der Waals surface area contributed by atoms with Crippen molar-refractivity contribution in [2.45, 2.75) is 19.6 Å². The van der Waals surface area contributed by atoms with Gasteiger partial charge in [-0.15, -0.1) is 0 Å². The summed E-state index contributed by atoms with van der Waals surface area (Å²) in [5.41, 5.74) is 2.76. The van der Waals surface area contributed by atoms with Crippen molar-refractivity contribution in [2.75, 3.05) is 0 Å². The summed E-state index contributed by atoms with van der Waals surface area (Å²) in [5.74, 6) is -1.06. The largest absolute Gasteiger partial charge is 0.219 e. The molecule has 0 aliphatic heterocycles. The highest BCUT2D eigenvalue weighted by molar-refractivity contribution is 7.91. The number of rotatable bonds is 6. The SMILES string of the molecule is O=S(=O)(c1ccc(F)cc1)c1ccc(-c2ccc(S(=O)(=O)c3ccc(F)cc3)cc2-c2ccccc2)cc1. The lowest BCUT2D eigenvalue weighted by atomic mass is 9.95. The maximum Gasteiger partial charge on any atom is 0.206 e. The van der Waals surface area contributed by atoms with E-state index in [1.165, 1.54) is 42.5 Å². The second-order valence-corrected chi connectivity index (χ2v) is 12.4. The number of halogens is 2. The summed E-state index contributed by atoms with van der Waals surface area (Å²) in [7, 11) is -7.77. The average Bonchev–Trinajstić information content (AvgIpc) is 2.94. The molecule has 0 aromatic heterocycles. The van der Waals surface area contributed by atoms with Crippen LogP contribution in [0.25, 0.3) is 22.3 Å². The first-order valence-corrected chi connectivity index (χ1v) is 14.4. The van der Waals surface area contributed by atoms with Crippen LogP contribution < -0.4 is 0 Å². The first-order chi connectivity index (χ1) is 18.2. The van der Waals surface area contributed by atoms with Crippen molar-refractivity contribution in [3.05, 3.63) is 133 Å². The quantitative estimate of drug-likeness (QED) is 0.216. The Hall–Kier alpha value is -4.14. The highest BCUT2D eigenvalue weighted by Gasteiger charge is 2.21. The van der Waals surface area contributed by atoms with Crippen LogP contribution in [0.15, 0.2) is 141 Å². The first-order valence-electron chi connectivity index (χ1n) is 11.5. The molecular formula is C30H20F2O4S2. The monoisotopic (exact) mass is 546 g/mol. The van der Waals surface area contributed by atoms with Crippen molar-refractivity contribution in [1.29, 1.82) is 0 Å². The third kappa shape index (κ3) is 4.88. The molecule has 0 saturated carbocycles. The predicted molar refractivity (Wildman–Crippen MR) is 141 cm³/mol. The predicted octanol–water partition coefficient (Wildman–Crippen LogP) is 6.96. The summed E-state index contributed by atoms with van der Waals surface area (Å²) in [5, 5.41) is 0. The second-order valence-electron chi connectivity index (χ2n) is 8.51. The lowest BCUT2D eigenvalue weighted by molar-refractivity contribution is 0.593. The minimum Gasteiger partial charge on any atom is -0.219 e. The molecule has 0 heterocycles. The van der Waals surface area contributed by atoms with Gasteiger partial charge in [-0.05, 0) is 95.1 Å². The van der Waals surface area contributed by atoms with Gasteiger partial charge in [0.05, 0.1) is 19.6 Å². The standard InChI is InChI=1S/C30H20F2O4S2/c31-23-8-14-26(15-9-23)37(33,34)25-12-6-22(7-13-25)29-19-18-28(20-30(29)21-4-2-1-3-5-21)38(35,36)27-16-10-24(32)11-17-27/h1-20H. The first kappa shape index (κ1) is 25.5. The Labute approximate surface area is 219 Å². The molecule has 5 aromatic rings. The maximum absolute atomic E-state index is 13.4. The zero-order valence-corrected chi connectivity index (χ0v) is 21.4. The summed E-state index contributed by atoms with van der Waals surface area (Å²) < 4.78 is 79.1. The molecule has 0 N–H and O–H groups in total. The Kier molecular flexibility index (Phi) is 6.69. The number of sulfone groups is 2. The molecule has 0 aliphatic carbocycles. The average molecular weight is 547 g/mol. The van der Waals surface area contributed by atoms with Crippen molar-refractivity contribution in [3.63, 3.8) is 0 Å². The topological polar surface area (TPSA) is 68.3 Å². The molecular weight excluding hydrogens is 526 g/mol. The number of benzene rings is 5. The highest BCUT2D eigenvalue weighted by Crippen LogP contribution is 2.36. The van der Waals surface area contributed by atoms with Crippen LogP contribution in [-0.2, 0) is 19.7 Å². The van der Waals surface area contributed by atoms with Crippen molar-refractivity contribution < 1.29 is 25.6 Å². The Bertz CT molecular complexity index is 1820. The molecule has 5 rings (SSSR count). The van der Waals surface area contributed by atoms with Gasteiger partial charge in [-0.1, -0.05) is 48.5 Å². The molecule has 0 spiro atoms. The van der Waals surface area contributed by atoms with E-state index in [4.69, 9.17) is 0 Å². The Morgan fingerprint density at radius 3 is 1.29 bits per heavy atom. The van der Waals surface area contributed by atoms with Crippen LogP contribution in [0.2, 0.25) is 0 Å². The van der Waals surface area contributed by atoms with E-state index in [9.17, 15) is 25.6 Å². The van der Waals surface area contributed by atoms with Crippen molar-refractivity contribution in [1.82, 2.24) is 0 Å². The van der Waals surface area contributed by atoms with E-state index in [0.29, 0.717) is 16.7 Å². The highest BCUT2D eigenvalue weighted by atomic mass is 32.2. The van der Waals surface area contributed by atoms with Crippen molar-refractivity contribution in [2.24, 2.45) is 0 Å². The molecule has 4 nitrogen and oxygen atoms in total. The normalized spacial score (nSPS) is 11.8. The van der Waals surface area contributed by atoms with Gasteiger partial charge in [-0.25, -0.2) is 25.6 Å². The number of hydrogen-bond acceptors (Lipinski definition) is 4. The number of hydrogen-bond donors (Lipinski definition) is 0. The van der Waals surface area contributed by atoms with Crippen LogP contribution >= 0.6 is 0 Å². The Morgan fingerprint density at radius 1 is 0.395 bits per heavy atom. The van der Waals surface area contributed by atoms with E-state index in [1.54, 1.807) is 24.3 Å². The Morgan fingerprint density at radius 2 is 0.789 bits per heavy atom. The summed E-state index contributed by atoms with van der Waals surface area (Å²) in [4.78, 5) is 0.0415. The molecule has 38 heavy (non-hydrogen) atoms. The summed E-state index contributed by atoms with van der Waals surface area (Å²) in [6.07, 6.45) is 0. The summed E-state index contributed by atoms with van der Waals surface area (Å²) in [6, 6.07) is 29.4. The van der Waals surface area contributed by atoms with Crippen LogP contribution in [0.5, 0.6) is 0 Å². The summed E-state index contributed by atoms with van der Waals surface area (Å²) in [6.45, 7) is 0. The van der Waals surface area contributed by atoms with E-state index < -0.39 is 31.3 Å². The fraction of sp³-hybridized carbons (Fsp3) is 0. The van der Waals surface area contributed by atoms with Crippen molar-refractivity contribution >= 4 is 19.7 Å². The lowest BCUT2D eigenvalue weighted by Gasteiger charge is -2.14.